The number of benzene rings is 6. The van der Waals surface area contributed by atoms with E-state index >= 15 is 0 Å². The fourth-order valence-electron chi connectivity index (χ4n) is 5.18. The van der Waals surface area contributed by atoms with Crippen LogP contribution >= 0.6 is 0 Å². The number of aromatic hydroxyl groups is 2. The monoisotopic (exact) mass is 738 g/mol. The van der Waals surface area contributed by atoms with Crippen molar-refractivity contribution < 1.29 is 46.0 Å². The van der Waals surface area contributed by atoms with Crippen LogP contribution in [0, 0.1) is 0 Å². The summed E-state index contributed by atoms with van der Waals surface area (Å²) in [5.41, 5.74) is 1.90. The van der Waals surface area contributed by atoms with Crippen LogP contribution in [0.3, 0.4) is 0 Å². The molecule has 12 heteroatoms. The van der Waals surface area contributed by atoms with Gasteiger partial charge in [0.05, 0.1) is 19.6 Å². The summed E-state index contributed by atoms with van der Waals surface area (Å²) in [5, 5.41) is 18.9. The van der Waals surface area contributed by atoms with Gasteiger partial charge in [0.2, 0.25) is 32.3 Å². The van der Waals surface area contributed by atoms with Crippen molar-refractivity contribution >= 4 is 19.7 Å². The van der Waals surface area contributed by atoms with Crippen LogP contribution in [0.2, 0.25) is 0 Å². The molecular formula is C40H34O10S2. The van der Waals surface area contributed by atoms with E-state index in [-0.39, 0.29) is 31.1 Å². The minimum atomic E-state index is -3.74. The van der Waals surface area contributed by atoms with Crippen LogP contribution in [-0.2, 0) is 19.7 Å². The molecule has 6 rings (SSSR count). The van der Waals surface area contributed by atoms with Crippen molar-refractivity contribution in [2.75, 3.05) is 0 Å². The quantitative estimate of drug-likeness (QED) is 0.112. The fraction of sp³-hybridized carbons (Fsp3) is 0.100. The van der Waals surface area contributed by atoms with Gasteiger partial charge in [-0.05, 0) is 132 Å². The number of phenolic OH excluding ortho intramolecular Hbond substituents is 2. The molecule has 0 saturated heterocycles. The van der Waals surface area contributed by atoms with Gasteiger partial charge < -0.3 is 29.2 Å². The van der Waals surface area contributed by atoms with Gasteiger partial charge in [-0.15, -0.1) is 0 Å². The Labute approximate surface area is 301 Å². The van der Waals surface area contributed by atoms with Crippen molar-refractivity contribution in [2.24, 2.45) is 0 Å². The second kappa shape index (κ2) is 15.1. The van der Waals surface area contributed by atoms with Crippen LogP contribution in [0.25, 0.3) is 11.1 Å². The van der Waals surface area contributed by atoms with Crippen molar-refractivity contribution in [1.82, 2.24) is 0 Å². The van der Waals surface area contributed by atoms with Crippen LogP contribution < -0.4 is 18.9 Å². The number of sulfone groups is 2. The van der Waals surface area contributed by atoms with Gasteiger partial charge >= 0.3 is 0 Å². The molecule has 0 amide bonds. The van der Waals surface area contributed by atoms with Crippen LogP contribution in [0.15, 0.2) is 165 Å². The molecular weight excluding hydrogens is 705 g/mol. The van der Waals surface area contributed by atoms with Crippen LogP contribution in [-0.4, -0.2) is 39.6 Å². The van der Waals surface area contributed by atoms with Crippen molar-refractivity contribution in [1.29, 1.82) is 0 Å². The number of ether oxygens (including phenoxy) is 4. The van der Waals surface area contributed by atoms with E-state index in [1.165, 1.54) is 72.8 Å². The molecule has 0 aliphatic carbocycles. The van der Waals surface area contributed by atoms with E-state index < -0.39 is 32.3 Å². The Morgan fingerprint density at radius 3 is 0.827 bits per heavy atom. The third-order valence-corrected chi connectivity index (χ3v) is 11.4. The van der Waals surface area contributed by atoms with E-state index in [1.54, 1.807) is 38.1 Å². The fourth-order valence-corrected chi connectivity index (χ4v) is 7.71. The first-order valence-electron chi connectivity index (χ1n) is 16.0. The lowest BCUT2D eigenvalue weighted by molar-refractivity contribution is 0.0218. The summed E-state index contributed by atoms with van der Waals surface area (Å²) in [6.45, 7) is 3.47. The lowest BCUT2D eigenvalue weighted by atomic mass is 10.1. The summed E-state index contributed by atoms with van der Waals surface area (Å²) in [5.74, 6) is 2.01. The third kappa shape index (κ3) is 8.48. The average molecular weight is 739 g/mol. The van der Waals surface area contributed by atoms with E-state index in [9.17, 15) is 27.0 Å². The minimum Gasteiger partial charge on any atom is -0.508 e. The summed E-state index contributed by atoms with van der Waals surface area (Å²) < 4.78 is 75.0. The first-order chi connectivity index (χ1) is 24.9. The smallest absolute Gasteiger partial charge is 0.238 e. The Morgan fingerprint density at radius 2 is 0.577 bits per heavy atom. The minimum absolute atomic E-state index is 0.0154. The molecule has 0 aliphatic rings. The van der Waals surface area contributed by atoms with E-state index in [2.05, 4.69) is 0 Å². The molecule has 0 aromatic heterocycles. The number of rotatable bonds is 13. The van der Waals surface area contributed by atoms with Gasteiger partial charge in [-0.25, -0.2) is 16.8 Å². The van der Waals surface area contributed by atoms with Crippen LogP contribution in [0.4, 0.5) is 0 Å². The third-order valence-electron chi connectivity index (χ3n) is 7.81. The normalized spacial score (nSPS) is 12.7. The Morgan fingerprint density at radius 1 is 0.365 bits per heavy atom. The highest BCUT2D eigenvalue weighted by Gasteiger charge is 2.19. The Balaban J connectivity index is 0.991. The zero-order valence-corrected chi connectivity index (χ0v) is 29.6. The molecule has 2 unspecified atom stereocenters. The second-order valence-electron chi connectivity index (χ2n) is 11.6. The molecule has 0 bridgehead atoms. The van der Waals surface area contributed by atoms with Gasteiger partial charge in [0.25, 0.3) is 0 Å². The van der Waals surface area contributed by atoms with Crippen LogP contribution in [0.5, 0.6) is 34.5 Å². The molecule has 0 spiro atoms. The standard InChI is InChI=1S/C40H34O10S2/c1-27(49-35-15-23-39(24-16-35)51(43,44)37-19-7-31(41)8-20-37)47-33-11-3-29(4-12-33)30-5-13-34(14-6-30)48-28(2)50-36-17-25-40(26-18-36)52(45,46)38-21-9-32(42)10-22-38/h3-28,41-42H,1-2H3. The summed E-state index contributed by atoms with van der Waals surface area (Å²) >= 11 is 0. The summed E-state index contributed by atoms with van der Waals surface area (Å²) in [6.07, 6.45) is -1.33. The lowest BCUT2D eigenvalue weighted by Crippen LogP contribution is -2.19. The molecule has 2 N–H and O–H groups in total. The van der Waals surface area contributed by atoms with Gasteiger partial charge in [-0.2, -0.15) is 0 Å². The molecule has 52 heavy (non-hydrogen) atoms. The van der Waals surface area contributed by atoms with Crippen LogP contribution in [0.1, 0.15) is 13.8 Å². The maximum Gasteiger partial charge on any atom is 0.238 e. The highest BCUT2D eigenvalue weighted by molar-refractivity contribution is 7.91. The second-order valence-corrected chi connectivity index (χ2v) is 15.5. The SMILES string of the molecule is CC(Oc1ccc(-c2ccc(OC(C)Oc3ccc(S(=O)(=O)c4ccc(O)cc4)cc3)cc2)cc1)Oc1ccc(S(=O)(=O)c2ccc(O)cc2)cc1. The Hall–Kier alpha value is -5.98. The van der Waals surface area contributed by atoms with E-state index in [4.69, 9.17) is 18.9 Å². The topological polar surface area (TPSA) is 146 Å². The molecule has 10 nitrogen and oxygen atoms in total. The Bertz CT molecular complexity index is 2150. The summed E-state index contributed by atoms with van der Waals surface area (Å²) in [4.78, 5) is 0.357. The van der Waals surface area contributed by atoms with Gasteiger partial charge in [-0.3, -0.25) is 0 Å². The molecule has 0 aliphatic heterocycles. The van der Waals surface area contributed by atoms with Gasteiger partial charge in [0.15, 0.2) is 0 Å². The van der Waals surface area contributed by atoms with Crippen molar-refractivity contribution in [2.45, 2.75) is 46.0 Å². The van der Waals surface area contributed by atoms with Crippen molar-refractivity contribution in [3.8, 4) is 45.6 Å². The molecule has 266 valence electrons. The van der Waals surface area contributed by atoms with Gasteiger partial charge in [0.1, 0.15) is 34.5 Å². The highest BCUT2D eigenvalue weighted by Crippen LogP contribution is 2.29. The number of hydrogen-bond donors (Lipinski definition) is 2. The first-order valence-corrected chi connectivity index (χ1v) is 19.0. The van der Waals surface area contributed by atoms with E-state index in [0.717, 1.165) is 11.1 Å². The molecule has 6 aromatic rings. The van der Waals surface area contributed by atoms with Crippen molar-refractivity contribution in [3.63, 3.8) is 0 Å². The maximum atomic E-state index is 12.9. The Kier molecular flexibility index (Phi) is 10.4. The summed E-state index contributed by atoms with van der Waals surface area (Å²) in [6, 6.07) is 37.7. The molecule has 6 aromatic carbocycles. The number of hydrogen-bond acceptors (Lipinski definition) is 10. The van der Waals surface area contributed by atoms with Crippen molar-refractivity contribution in [3.05, 3.63) is 146 Å². The maximum absolute atomic E-state index is 12.9. The first kappa shape index (κ1) is 35.8. The molecule has 2 atom stereocenters. The van der Waals surface area contributed by atoms with E-state index in [1.807, 2.05) is 48.5 Å². The largest absolute Gasteiger partial charge is 0.508 e. The van der Waals surface area contributed by atoms with E-state index in [0.29, 0.717) is 23.0 Å². The number of phenols is 2. The molecule has 0 saturated carbocycles. The predicted molar refractivity (Wildman–Crippen MR) is 193 cm³/mol. The van der Waals surface area contributed by atoms with Gasteiger partial charge in [0, 0.05) is 13.8 Å². The zero-order valence-electron chi connectivity index (χ0n) is 28.0. The predicted octanol–water partition coefficient (Wildman–Crippen LogP) is 8.04. The summed E-state index contributed by atoms with van der Waals surface area (Å²) in [7, 11) is -7.48. The zero-order chi connectivity index (χ0) is 36.9. The lowest BCUT2D eigenvalue weighted by Gasteiger charge is -2.18. The molecule has 0 fully saturated rings. The average Bonchev–Trinajstić information content (AvgIpc) is 3.13. The molecule has 0 heterocycles. The molecule has 0 radical (unpaired) electrons. The highest BCUT2D eigenvalue weighted by atomic mass is 32.2. The van der Waals surface area contributed by atoms with Gasteiger partial charge in [-0.1, -0.05) is 24.3 Å².